The molecule has 4 nitrogen and oxygen atoms in total. The topological polar surface area (TPSA) is 55.6 Å². The highest BCUT2D eigenvalue weighted by Gasteiger charge is 2.13. The third-order valence-electron chi connectivity index (χ3n) is 2.34. The summed E-state index contributed by atoms with van der Waals surface area (Å²) < 4.78 is 5.06. The van der Waals surface area contributed by atoms with Crippen LogP contribution in [0.3, 0.4) is 0 Å². The number of carbonyl (C=O) groups is 1. The molecule has 1 unspecified atom stereocenters. The van der Waals surface area contributed by atoms with Gasteiger partial charge in [-0.1, -0.05) is 12.1 Å². The van der Waals surface area contributed by atoms with Crippen molar-refractivity contribution in [2.45, 2.75) is 19.5 Å². The first kappa shape index (κ1) is 12.5. The van der Waals surface area contributed by atoms with E-state index < -0.39 is 6.04 Å². The zero-order chi connectivity index (χ0) is 12.1. The monoisotopic (exact) mass is 222 g/mol. The molecular weight excluding hydrogens is 204 g/mol. The van der Waals surface area contributed by atoms with Crippen LogP contribution < -0.4 is 10.5 Å². The molecule has 4 heteroatoms. The molecule has 2 N–H and O–H groups in total. The zero-order valence-electron chi connectivity index (χ0n) is 9.93. The van der Waals surface area contributed by atoms with E-state index in [9.17, 15) is 4.79 Å². The van der Waals surface area contributed by atoms with E-state index in [1.807, 2.05) is 24.3 Å². The molecule has 0 saturated carbocycles. The predicted octanol–water partition coefficient (Wildman–Crippen LogP) is 1.00. The molecule has 16 heavy (non-hydrogen) atoms. The Morgan fingerprint density at radius 1 is 1.44 bits per heavy atom. The van der Waals surface area contributed by atoms with Crippen molar-refractivity contribution in [2.75, 3.05) is 14.2 Å². The van der Waals surface area contributed by atoms with Crippen LogP contribution in [0, 0.1) is 0 Å². The maximum atomic E-state index is 11.5. The molecule has 0 radical (unpaired) electrons. The van der Waals surface area contributed by atoms with E-state index in [0.29, 0.717) is 6.54 Å². The molecule has 0 spiro atoms. The standard InChI is InChI=1S/C12H18N2O2/c1-9(13)12(15)14(2)8-10-4-6-11(16-3)7-5-10/h4-7,9H,8,13H2,1-3H3. The van der Waals surface area contributed by atoms with Gasteiger partial charge in [-0.25, -0.2) is 0 Å². The molecule has 1 amide bonds. The summed E-state index contributed by atoms with van der Waals surface area (Å²) in [5.41, 5.74) is 6.58. The van der Waals surface area contributed by atoms with Crippen LogP contribution in [0.4, 0.5) is 0 Å². The molecule has 0 heterocycles. The Kier molecular flexibility index (Phi) is 4.31. The molecule has 0 bridgehead atoms. The first-order chi connectivity index (χ1) is 7.54. The van der Waals surface area contributed by atoms with E-state index in [1.54, 1.807) is 26.0 Å². The second kappa shape index (κ2) is 5.51. The van der Waals surface area contributed by atoms with E-state index in [0.717, 1.165) is 11.3 Å². The zero-order valence-corrected chi connectivity index (χ0v) is 9.93. The maximum absolute atomic E-state index is 11.5. The minimum atomic E-state index is -0.455. The van der Waals surface area contributed by atoms with Crippen LogP contribution in [-0.2, 0) is 11.3 Å². The fourth-order valence-electron chi connectivity index (χ4n) is 1.43. The number of nitrogens with zero attached hydrogens (tertiary/aromatic N) is 1. The number of methoxy groups -OCH3 is 1. The molecule has 1 aromatic carbocycles. The Bertz CT molecular complexity index is 347. The summed E-state index contributed by atoms with van der Waals surface area (Å²) in [6, 6.07) is 7.16. The normalized spacial score (nSPS) is 12.0. The number of hydrogen-bond acceptors (Lipinski definition) is 3. The Hall–Kier alpha value is -1.55. The van der Waals surface area contributed by atoms with Gasteiger partial charge in [-0.15, -0.1) is 0 Å². The number of ether oxygens (including phenoxy) is 1. The number of benzene rings is 1. The molecule has 0 saturated heterocycles. The molecule has 0 fully saturated rings. The fraction of sp³-hybridized carbons (Fsp3) is 0.417. The van der Waals surface area contributed by atoms with Crippen molar-refractivity contribution in [3.63, 3.8) is 0 Å². The van der Waals surface area contributed by atoms with E-state index in [2.05, 4.69) is 0 Å². The SMILES string of the molecule is COc1ccc(CN(C)C(=O)C(C)N)cc1. The van der Waals surface area contributed by atoms with Crippen LogP contribution in [0.15, 0.2) is 24.3 Å². The van der Waals surface area contributed by atoms with Crippen LogP contribution in [0.2, 0.25) is 0 Å². The maximum Gasteiger partial charge on any atom is 0.239 e. The first-order valence-electron chi connectivity index (χ1n) is 5.18. The average Bonchev–Trinajstić information content (AvgIpc) is 2.28. The van der Waals surface area contributed by atoms with Crippen LogP contribution in [0.1, 0.15) is 12.5 Å². The van der Waals surface area contributed by atoms with Crippen molar-refractivity contribution in [1.82, 2.24) is 4.90 Å². The Morgan fingerprint density at radius 3 is 2.44 bits per heavy atom. The number of rotatable bonds is 4. The van der Waals surface area contributed by atoms with Crippen molar-refractivity contribution in [2.24, 2.45) is 5.73 Å². The van der Waals surface area contributed by atoms with Gasteiger partial charge in [0, 0.05) is 13.6 Å². The Morgan fingerprint density at radius 2 is 2.00 bits per heavy atom. The summed E-state index contributed by atoms with van der Waals surface area (Å²) in [5.74, 6) is 0.751. The molecule has 0 aliphatic carbocycles. The first-order valence-corrected chi connectivity index (χ1v) is 5.18. The minimum Gasteiger partial charge on any atom is -0.497 e. The highest BCUT2D eigenvalue weighted by molar-refractivity contribution is 5.80. The van der Waals surface area contributed by atoms with Crippen molar-refractivity contribution < 1.29 is 9.53 Å². The van der Waals surface area contributed by atoms with Gasteiger partial charge in [0.15, 0.2) is 0 Å². The summed E-state index contributed by atoms with van der Waals surface area (Å²) in [5, 5.41) is 0. The molecule has 88 valence electrons. The van der Waals surface area contributed by atoms with Crippen molar-refractivity contribution >= 4 is 5.91 Å². The van der Waals surface area contributed by atoms with Gasteiger partial charge in [-0.2, -0.15) is 0 Å². The van der Waals surface area contributed by atoms with Crippen molar-refractivity contribution in [1.29, 1.82) is 0 Å². The lowest BCUT2D eigenvalue weighted by molar-refractivity contribution is -0.131. The lowest BCUT2D eigenvalue weighted by Crippen LogP contribution is -2.39. The summed E-state index contributed by atoms with van der Waals surface area (Å²) >= 11 is 0. The van der Waals surface area contributed by atoms with Gasteiger partial charge in [0.2, 0.25) is 5.91 Å². The number of nitrogens with two attached hydrogens (primary N) is 1. The highest BCUT2D eigenvalue weighted by Crippen LogP contribution is 2.12. The van der Waals surface area contributed by atoms with Gasteiger partial charge in [0.1, 0.15) is 5.75 Å². The summed E-state index contributed by atoms with van der Waals surface area (Å²) in [6.07, 6.45) is 0. The molecule has 0 aliphatic rings. The molecule has 1 rings (SSSR count). The third kappa shape index (κ3) is 3.24. The molecule has 1 atom stereocenters. The second-order valence-corrected chi connectivity index (χ2v) is 3.83. The largest absolute Gasteiger partial charge is 0.497 e. The molecule has 0 aliphatic heterocycles. The Labute approximate surface area is 96.0 Å². The summed E-state index contributed by atoms with van der Waals surface area (Å²) in [7, 11) is 3.37. The van der Waals surface area contributed by atoms with Gasteiger partial charge in [-0.3, -0.25) is 4.79 Å². The lowest BCUT2D eigenvalue weighted by atomic mass is 10.2. The van der Waals surface area contributed by atoms with E-state index >= 15 is 0 Å². The van der Waals surface area contributed by atoms with Crippen LogP contribution in [0.25, 0.3) is 0 Å². The third-order valence-corrected chi connectivity index (χ3v) is 2.34. The minimum absolute atomic E-state index is 0.0594. The number of likely N-dealkylation sites (N-methyl/N-ethyl adjacent to an activating group) is 1. The smallest absolute Gasteiger partial charge is 0.239 e. The van der Waals surface area contributed by atoms with Crippen LogP contribution in [0.5, 0.6) is 5.75 Å². The van der Waals surface area contributed by atoms with E-state index in [1.165, 1.54) is 0 Å². The van der Waals surface area contributed by atoms with E-state index in [4.69, 9.17) is 10.5 Å². The van der Waals surface area contributed by atoms with Crippen molar-refractivity contribution in [3.8, 4) is 5.75 Å². The average molecular weight is 222 g/mol. The lowest BCUT2D eigenvalue weighted by Gasteiger charge is -2.19. The van der Waals surface area contributed by atoms with Crippen molar-refractivity contribution in [3.05, 3.63) is 29.8 Å². The number of amides is 1. The molecule has 0 aromatic heterocycles. The van der Waals surface area contributed by atoms with Gasteiger partial charge in [0.05, 0.1) is 13.2 Å². The summed E-state index contributed by atoms with van der Waals surface area (Å²) in [4.78, 5) is 13.2. The van der Waals surface area contributed by atoms with Gasteiger partial charge in [-0.05, 0) is 24.6 Å². The quantitative estimate of drug-likeness (QED) is 0.827. The predicted molar refractivity (Wildman–Crippen MR) is 63.1 cm³/mol. The van der Waals surface area contributed by atoms with Crippen LogP contribution in [-0.4, -0.2) is 31.0 Å². The highest BCUT2D eigenvalue weighted by atomic mass is 16.5. The molecular formula is C12H18N2O2. The molecule has 1 aromatic rings. The number of carbonyl (C=O) groups excluding carboxylic acids is 1. The van der Waals surface area contributed by atoms with Gasteiger partial charge in [0.25, 0.3) is 0 Å². The Balaban J connectivity index is 2.62. The number of hydrogen-bond donors (Lipinski definition) is 1. The van der Waals surface area contributed by atoms with Crippen LogP contribution >= 0.6 is 0 Å². The van der Waals surface area contributed by atoms with Gasteiger partial charge < -0.3 is 15.4 Å². The van der Waals surface area contributed by atoms with Gasteiger partial charge >= 0.3 is 0 Å². The second-order valence-electron chi connectivity index (χ2n) is 3.83. The fourth-order valence-corrected chi connectivity index (χ4v) is 1.43. The summed E-state index contributed by atoms with van der Waals surface area (Å²) in [6.45, 7) is 2.25. The van der Waals surface area contributed by atoms with E-state index in [-0.39, 0.29) is 5.91 Å².